The molecule has 0 radical (unpaired) electrons. The van der Waals surface area contributed by atoms with Gasteiger partial charge < -0.3 is 10.2 Å². The maximum absolute atomic E-state index is 12.1. The van der Waals surface area contributed by atoms with E-state index in [1.807, 2.05) is 6.07 Å². The van der Waals surface area contributed by atoms with Crippen LogP contribution in [0, 0.1) is 18.3 Å². The first-order valence-corrected chi connectivity index (χ1v) is 5.99. The molecule has 2 aromatic rings. The van der Waals surface area contributed by atoms with Gasteiger partial charge in [-0.3, -0.25) is 9.36 Å². The van der Waals surface area contributed by atoms with Gasteiger partial charge in [-0.15, -0.1) is 5.11 Å². The molecule has 106 valence electrons. The lowest BCUT2D eigenvalue weighted by Crippen LogP contribution is -2.18. The van der Waals surface area contributed by atoms with Crippen molar-refractivity contribution in [3.8, 4) is 17.7 Å². The number of nitriles is 1. The highest BCUT2D eigenvalue weighted by atomic mass is 16.3. The van der Waals surface area contributed by atoms with Crippen molar-refractivity contribution in [1.29, 1.82) is 5.26 Å². The second kappa shape index (κ2) is 5.46. The molecular formula is C14H12N4O3. The molecule has 2 N–H and O–H groups in total. The lowest BCUT2D eigenvalue weighted by molar-refractivity contribution is 0.421. The highest BCUT2D eigenvalue weighted by Gasteiger charge is 2.16. The van der Waals surface area contributed by atoms with Crippen LogP contribution in [0.1, 0.15) is 11.1 Å². The van der Waals surface area contributed by atoms with Crippen LogP contribution in [0.15, 0.2) is 39.3 Å². The summed E-state index contributed by atoms with van der Waals surface area (Å²) in [5, 5.41) is 35.7. The minimum atomic E-state index is -0.550. The van der Waals surface area contributed by atoms with Crippen LogP contribution in [-0.2, 0) is 7.05 Å². The molecule has 0 atom stereocenters. The van der Waals surface area contributed by atoms with E-state index in [0.717, 1.165) is 4.57 Å². The molecule has 21 heavy (non-hydrogen) atoms. The van der Waals surface area contributed by atoms with Gasteiger partial charge >= 0.3 is 0 Å². The number of hydrogen-bond acceptors (Lipinski definition) is 6. The monoisotopic (exact) mass is 284 g/mol. The van der Waals surface area contributed by atoms with E-state index >= 15 is 0 Å². The molecule has 1 aromatic heterocycles. The summed E-state index contributed by atoms with van der Waals surface area (Å²) in [5.41, 5.74) is 0.129. The summed E-state index contributed by atoms with van der Waals surface area (Å²) in [7, 11) is 1.34. The van der Waals surface area contributed by atoms with Gasteiger partial charge in [0.2, 0.25) is 5.88 Å². The third-order valence-corrected chi connectivity index (χ3v) is 3.01. The molecule has 0 fully saturated rings. The second-order valence-electron chi connectivity index (χ2n) is 4.36. The molecule has 2 rings (SSSR count). The van der Waals surface area contributed by atoms with E-state index in [2.05, 4.69) is 10.2 Å². The summed E-state index contributed by atoms with van der Waals surface area (Å²) >= 11 is 0. The van der Waals surface area contributed by atoms with Gasteiger partial charge in [-0.1, -0.05) is 0 Å². The Labute approximate surface area is 120 Å². The molecule has 0 unspecified atom stereocenters. The van der Waals surface area contributed by atoms with Crippen molar-refractivity contribution in [2.75, 3.05) is 0 Å². The zero-order chi connectivity index (χ0) is 15.6. The van der Waals surface area contributed by atoms with Gasteiger partial charge in [0.15, 0.2) is 5.69 Å². The molecule has 0 bridgehead atoms. The van der Waals surface area contributed by atoms with Crippen molar-refractivity contribution < 1.29 is 10.2 Å². The lowest BCUT2D eigenvalue weighted by atomic mass is 10.1. The summed E-state index contributed by atoms with van der Waals surface area (Å²) in [4.78, 5) is 12.1. The van der Waals surface area contributed by atoms with Crippen molar-refractivity contribution in [3.05, 3.63) is 45.7 Å². The van der Waals surface area contributed by atoms with E-state index in [1.54, 1.807) is 0 Å². The number of phenols is 1. The topological polar surface area (TPSA) is 111 Å². The van der Waals surface area contributed by atoms with E-state index in [4.69, 9.17) is 5.26 Å². The zero-order valence-corrected chi connectivity index (χ0v) is 11.4. The highest BCUT2D eigenvalue weighted by Crippen LogP contribution is 2.26. The molecule has 0 saturated carbocycles. The Balaban J connectivity index is 2.55. The van der Waals surface area contributed by atoms with Gasteiger partial charge in [-0.2, -0.15) is 10.4 Å². The van der Waals surface area contributed by atoms with Crippen molar-refractivity contribution in [2.45, 2.75) is 6.92 Å². The average molecular weight is 284 g/mol. The number of nitrogens with zero attached hydrogens (tertiary/aromatic N) is 4. The van der Waals surface area contributed by atoms with Gasteiger partial charge in [-0.25, -0.2) is 0 Å². The van der Waals surface area contributed by atoms with E-state index in [1.165, 1.54) is 38.2 Å². The zero-order valence-electron chi connectivity index (χ0n) is 11.4. The first-order chi connectivity index (χ1) is 9.95. The third-order valence-electron chi connectivity index (χ3n) is 3.01. The van der Waals surface area contributed by atoms with E-state index in [0.29, 0.717) is 5.69 Å². The van der Waals surface area contributed by atoms with Crippen LogP contribution in [0.25, 0.3) is 0 Å². The number of phenolic OH excluding ortho intramolecular Hbond substituents is 1. The molecule has 0 aliphatic carbocycles. The number of rotatable bonds is 2. The predicted molar refractivity (Wildman–Crippen MR) is 75.1 cm³/mol. The molecule has 0 aliphatic heterocycles. The Bertz CT molecular complexity index is 814. The Kier molecular flexibility index (Phi) is 3.71. The Morgan fingerprint density at radius 1 is 1.19 bits per heavy atom. The molecule has 1 heterocycles. The minimum absolute atomic E-state index is 0.0140. The minimum Gasteiger partial charge on any atom is -0.508 e. The Morgan fingerprint density at radius 2 is 1.81 bits per heavy atom. The number of azo groups is 1. The molecule has 7 nitrogen and oxygen atoms in total. The first kappa shape index (κ1) is 14.3. The summed E-state index contributed by atoms with van der Waals surface area (Å²) in [5.74, 6) is -0.305. The molecule has 7 heteroatoms. The highest BCUT2D eigenvalue weighted by molar-refractivity contribution is 5.56. The molecular weight excluding hydrogens is 272 g/mol. The molecule has 0 aliphatic rings. The Hall–Kier alpha value is -3.14. The van der Waals surface area contributed by atoms with E-state index in [9.17, 15) is 15.0 Å². The number of hydrogen-bond donors (Lipinski definition) is 2. The number of aromatic nitrogens is 1. The van der Waals surface area contributed by atoms with Crippen molar-refractivity contribution in [2.24, 2.45) is 17.3 Å². The van der Waals surface area contributed by atoms with Gasteiger partial charge in [0, 0.05) is 12.6 Å². The van der Waals surface area contributed by atoms with Gasteiger partial charge in [0.05, 0.1) is 5.69 Å². The number of benzene rings is 1. The third kappa shape index (κ3) is 2.60. The van der Waals surface area contributed by atoms with Crippen LogP contribution >= 0.6 is 0 Å². The predicted octanol–water partition coefficient (Wildman–Crippen LogP) is 2.39. The largest absolute Gasteiger partial charge is 0.508 e. The fraction of sp³-hybridized carbons (Fsp3) is 0.143. The maximum atomic E-state index is 12.1. The fourth-order valence-corrected chi connectivity index (χ4v) is 1.75. The molecule has 0 spiro atoms. The van der Waals surface area contributed by atoms with Gasteiger partial charge in [-0.05, 0) is 31.2 Å². The second-order valence-corrected chi connectivity index (χ2v) is 4.36. The molecule has 0 saturated heterocycles. The summed E-state index contributed by atoms with van der Waals surface area (Å²) in [6.07, 6.45) is 0. The SMILES string of the molecule is Cc1c(C#N)c(O)n(C)c(=O)c1N=Nc1ccc(O)cc1. The van der Waals surface area contributed by atoms with E-state index in [-0.39, 0.29) is 22.6 Å². The van der Waals surface area contributed by atoms with Crippen molar-refractivity contribution in [3.63, 3.8) is 0 Å². The van der Waals surface area contributed by atoms with Gasteiger partial charge in [0.25, 0.3) is 5.56 Å². The van der Waals surface area contributed by atoms with Crippen molar-refractivity contribution >= 4 is 11.4 Å². The summed E-state index contributed by atoms with van der Waals surface area (Å²) in [6.45, 7) is 1.52. The van der Waals surface area contributed by atoms with Crippen LogP contribution in [0.2, 0.25) is 0 Å². The fourth-order valence-electron chi connectivity index (χ4n) is 1.75. The van der Waals surface area contributed by atoms with Crippen LogP contribution in [0.3, 0.4) is 0 Å². The maximum Gasteiger partial charge on any atom is 0.281 e. The van der Waals surface area contributed by atoms with Crippen LogP contribution in [0.5, 0.6) is 11.6 Å². The number of pyridine rings is 1. The van der Waals surface area contributed by atoms with Gasteiger partial charge in [0.1, 0.15) is 17.4 Å². The Morgan fingerprint density at radius 3 is 2.38 bits per heavy atom. The summed E-state index contributed by atoms with van der Waals surface area (Å²) in [6, 6.07) is 7.78. The normalized spacial score (nSPS) is 10.7. The molecule has 0 amide bonds. The van der Waals surface area contributed by atoms with Crippen LogP contribution in [-0.4, -0.2) is 14.8 Å². The molecule has 1 aromatic carbocycles. The first-order valence-electron chi connectivity index (χ1n) is 5.99. The van der Waals surface area contributed by atoms with Crippen LogP contribution in [0.4, 0.5) is 11.4 Å². The number of aromatic hydroxyl groups is 2. The van der Waals surface area contributed by atoms with Crippen LogP contribution < -0.4 is 5.56 Å². The van der Waals surface area contributed by atoms with Crippen molar-refractivity contribution in [1.82, 2.24) is 4.57 Å². The average Bonchev–Trinajstić information content (AvgIpc) is 2.47. The van der Waals surface area contributed by atoms with E-state index < -0.39 is 11.4 Å². The lowest BCUT2D eigenvalue weighted by Gasteiger charge is -2.08. The summed E-state index contributed by atoms with van der Waals surface area (Å²) < 4.78 is 0.941. The standard InChI is InChI=1S/C14H12N4O3/c1-8-11(7-15)13(20)18(2)14(21)12(8)17-16-9-3-5-10(19)6-4-9/h3-6,19-20H,1-2H3. The smallest absolute Gasteiger partial charge is 0.281 e. The quantitative estimate of drug-likeness (QED) is 0.824.